The summed E-state index contributed by atoms with van der Waals surface area (Å²) in [5.41, 5.74) is 1.11. The zero-order chi connectivity index (χ0) is 14.4. The van der Waals surface area contributed by atoms with Gasteiger partial charge in [0.1, 0.15) is 0 Å². The summed E-state index contributed by atoms with van der Waals surface area (Å²) in [5, 5.41) is 3.54. The molecule has 1 N–H and O–H groups in total. The van der Waals surface area contributed by atoms with Crippen LogP contribution in [-0.4, -0.2) is 20.3 Å². The Balaban J connectivity index is 1.89. The number of nitrogens with one attached hydrogen (secondary N) is 1. The molecule has 0 amide bonds. The van der Waals surface area contributed by atoms with Crippen LogP contribution in [-0.2, 0) is 0 Å². The van der Waals surface area contributed by atoms with Gasteiger partial charge in [-0.05, 0) is 43.7 Å². The van der Waals surface area contributed by atoms with E-state index in [0.29, 0.717) is 6.61 Å². The van der Waals surface area contributed by atoms with E-state index in [0.717, 1.165) is 35.6 Å². The lowest BCUT2D eigenvalue weighted by atomic mass is 9.83. The Bertz CT molecular complexity index is 411. The van der Waals surface area contributed by atoms with E-state index < -0.39 is 0 Å². The predicted molar refractivity (Wildman–Crippen MR) is 83.8 cm³/mol. The van der Waals surface area contributed by atoms with Crippen LogP contribution in [0.5, 0.6) is 11.5 Å². The Morgan fingerprint density at radius 2 is 1.90 bits per heavy atom. The summed E-state index contributed by atoms with van der Waals surface area (Å²) in [6.45, 7) is 6.06. The maximum Gasteiger partial charge on any atom is 0.162 e. The molecule has 0 unspecified atom stereocenters. The molecule has 0 heterocycles. The van der Waals surface area contributed by atoms with Crippen LogP contribution in [0.25, 0.3) is 0 Å². The maximum absolute atomic E-state index is 5.54. The van der Waals surface area contributed by atoms with E-state index in [1.807, 2.05) is 19.1 Å². The zero-order valence-electron chi connectivity index (χ0n) is 12.9. The second-order valence-corrected chi connectivity index (χ2v) is 5.81. The maximum atomic E-state index is 5.54. The summed E-state index contributed by atoms with van der Waals surface area (Å²) in [6.07, 6.45) is 5.45. The predicted octanol–water partition coefficient (Wildman–Crippen LogP) is 4.33. The molecule has 1 aromatic rings. The number of methoxy groups -OCH3 is 1. The van der Waals surface area contributed by atoms with Gasteiger partial charge in [-0.25, -0.2) is 0 Å². The Kier molecular flexibility index (Phi) is 5.57. The zero-order valence-corrected chi connectivity index (χ0v) is 12.9. The van der Waals surface area contributed by atoms with Gasteiger partial charge in [-0.1, -0.05) is 19.8 Å². The number of anilines is 1. The van der Waals surface area contributed by atoms with Crippen molar-refractivity contribution in [2.24, 2.45) is 11.8 Å². The van der Waals surface area contributed by atoms with Crippen molar-refractivity contribution in [3.63, 3.8) is 0 Å². The van der Waals surface area contributed by atoms with Gasteiger partial charge in [-0.3, -0.25) is 0 Å². The fourth-order valence-electron chi connectivity index (χ4n) is 2.85. The quantitative estimate of drug-likeness (QED) is 0.839. The topological polar surface area (TPSA) is 30.5 Å². The van der Waals surface area contributed by atoms with Crippen molar-refractivity contribution in [1.29, 1.82) is 0 Å². The highest BCUT2D eigenvalue weighted by Crippen LogP contribution is 2.31. The van der Waals surface area contributed by atoms with Crippen molar-refractivity contribution in [3.05, 3.63) is 18.2 Å². The smallest absolute Gasteiger partial charge is 0.162 e. The van der Waals surface area contributed by atoms with E-state index in [1.165, 1.54) is 25.7 Å². The standard InChI is InChI=1S/C17H27NO2/c1-4-20-16-10-9-15(11-17(16)19-3)18-12-14-7-5-13(2)6-8-14/h9-11,13-14,18H,4-8,12H2,1-3H3. The summed E-state index contributed by atoms with van der Waals surface area (Å²) >= 11 is 0. The highest BCUT2D eigenvalue weighted by molar-refractivity contribution is 5.54. The van der Waals surface area contributed by atoms with Gasteiger partial charge in [0, 0.05) is 18.3 Å². The molecule has 112 valence electrons. The first-order chi connectivity index (χ1) is 9.72. The Labute approximate surface area is 122 Å². The Morgan fingerprint density at radius 3 is 2.55 bits per heavy atom. The lowest BCUT2D eigenvalue weighted by molar-refractivity contribution is 0.300. The molecule has 1 saturated carbocycles. The largest absolute Gasteiger partial charge is 0.493 e. The van der Waals surface area contributed by atoms with Crippen molar-refractivity contribution in [2.75, 3.05) is 25.6 Å². The van der Waals surface area contributed by atoms with Gasteiger partial charge in [0.2, 0.25) is 0 Å². The summed E-state index contributed by atoms with van der Waals surface area (Å²) in [4.78, 5) is 0. The Morgan fingerprint density at radius 1 is 1.15 bits per heavy atom. The first kappa shape index (κ1) is 15.0. The molecule has 0 atom stereocenters. The summed E-state index contributed by atoms with van der Waals surface area (Å²) < 4.78 is 10.9. The molecule has 1 aromatic carbocycles. The lowest BCUT2D eigenvalue weighted by Gasteiger charge is -2.26. The molecule has 0 aromatic heterocycles. The third kappa shape index (κ3) is 4.06. The van der Waals surface area contributed by atoms with Crippen molar-refractivity contribution < 1.29 is 9.47 Å². The van der Waals surface area contributed by atoms with Crippen molar-refractivity contribution >= 4 is 5.69 Å². The van der Waals surface area contributed by atoms with Crippen LogP contribution in [0.4, 0.5) is 5.69 Å². The number of hydrogen-bond acceptors (Lipinski definition) is 3. The second-order valence-electron chi connectivity index (χ2n) is 5.81. The average Bonchev–Trinajstić information content (AvgIpc) is 2.48. The van der Waals surface area contributed by atoms with Gasteiger partial charge in [0.25, 0.3) is 0 Å². The fourth-order valence-corrected chi connectivity index (χ4v) is 2.85. The van der Waals surface area contributed by atoms with Gasteiger partial charge in [0.05, 0.1) is 13.7 Å². The molecule has 0 bridgehead atoms. The second kappa shape index (κ2) is 7.41. The minimum Gasteiger partial charge on any atom is -0.493 e. The van der Waals surface area contributed by atoms with Crippen LogP contribution in [0.15, 0.2) is 18.2 Å². The molecule has 0 radical (unpaired) electrons. The molecule has 1 aliphatic carbocycles. The highest BCUT2D eigenvalue weighted by Gasteiger charge is 2.17. The van der Waals surface area contributed by atoms with Gasteiger partial charge in [-0.2, -0.15) is 0 Å². The molecule has 20 heavy (non-hydrogen) atoms. The summed E-state index contributed by atoms with van der Waals surface area (Å²) in [6, 6.07) is 6.07. The van der Waals surface area contributed by atoms with Crippen LogP contribution >= 0.6 is 0 Å². The third-order valence-corrected chi connectivity index (χ3v) is 4.19. The van der Waals surface area contributed by atoms with Crippen molar-refractivity contribution in [3.8, 4) is 11.5 Å². The summed E-state index contributed by atoms with van der Waals surface area (Å²) in [7, 11) is 1.68. The minimum atomic E-state index is 0.656. The molecular weight excluding hydrogens is 250 g/mol. The minimum absolute atomic E-state index is 0.656. The van der Waals surface area contributed by atoms with Crippen LogP contribution in [0, 0.1) is 11.8 Å². The molecular formula is C17H27NO2. The van der Waals surface area contributed by atoms with Gasteiger partial charge in [0.15, 0.2) is 11.5 Å². The molecule has 2 rings (SSSR count). The van der Waals surface area contributed by atoms with Crippen LogP contribution in [0.1, 0.15) is 39.5 Å². The SMILES string of the molecule is CCOc1ccc(NCC2CCC(C)CC2)cc1OC. The number of benzene rings is 1. The van der Waals surface area contributed by atoms with E-state index in [-0.39, 0.29) is 0 Å². The first-order valence-electron chi connectivity index (χ1n) is 7.77. The van der Waals surface area contributed by atoms with Crippen LogP contribution < -0.4 is 14.8 Å². The molecule has 1 aliphatic rings. The summed E-state index contributed by atoms with van der Waals surface area (Å²) in [5.74, 6) is 3.33. The highest BCUT2D eigenvalue weighted by atomic mass is 16.5. The van der Waals surface area contributed by atoms with Gasteiger partial charge in [-0.15, -0.1) is 0 Å². The number of hydrogen-bond donors (Lipinski definition) is 1. The van der Waals surface area contributed by atoms with Gasteiger partial charge >= 0.3 is 0 Å². The monoisotopic (exact) mass is 277 g/mol. The normalized spacial score (nSPS) is 22.4. The van der Waals surface area contributed by atoms with Crippen LogP contribution in [0.2, 0.25) is 0 Å². The number of ether oxygens (including phenoxy) is 2. The average molecular weight is 277 g/mol. The molecule has 3 nitrogen and oxygen atoms in total. The lowest BCUT2D eigenvalue weighted by Crippen LogP contribution is -2.20. The van der Waals surface area contributed by atoms with E-state index >= 15 is 0 Å². The molecule has 0 saturated heterocycles. The van der Waals surface area contributed by atoms with E-state index in [2.05, 4.69) is 18.3 Å². The number of rotatable bonds is 6. The van der Waals surface area contributed by atoms with Crippen LogP contribution in [0.3, 0.4) is 0 Å². The van der Waals surface area contributed by atoms with Crippen molar-refractivity contribution in [2.45, 2.75) is 39.5 Å². The Hall–Kier alpha value is -1.38. The fraction of sp³-hybridized carbons (Fsp3) is 0.647. The molecule has 1 fully saturated rings. The van der Waals surface area contributed by atoms with Gasteiger partial charge < -0.3 is 14.8 Å². The van der Waals surface area contributed by atoms with E-state index in [4.69, 9.17) is 9.47 Å². The first-order valence-corrected chi connectivity index (χ1v) is 7.77. The molecule has 0 spiro atoms. The third-order valence-electron chi connectivity index (χ3n) is 4.19. The van der Waals surface area contributed by atoms with E-state index in [1.54, 1.807) is 7.11 Å². The molecule has 0 aliphatic heterocycles. The van der Waals surface area contributed by atoms with E-state index in [9.17, 15) is 0 Å². The molecule has 3 heteroatoms. The van der Waals surface area contributed by atoms with Crippen molar-refractivity contribution in [1.82, 2.24) is 0 Å².